The molecule has 3 aliphatic rings. The number of ether oxygens (including phenoxy) is 1. The molecule has 4 nitrogen and oxygen atoms in total. The van der Waals surface area contributed by atoms with Crippen molar-refractivity contribution in [1.82, 2.24) is 15.1 Å². The van der Waals surface area contributed by atoms with Gasteiger partial charge in [-0.1, -0.05) is 19.3 Å². The van der Waals surface area contributed by atoms with E-state index in [0.29, 0.717) is 12.1 Å². The van der Waals surface area contributed by atoms with Gasteiger partial charge in [0.1, 0.15) is 0 Å². The third-order valence-electron chi connectivity index (χ3n) is 5.54. The maximum absolute atomic E-state index is 5.97. The average molecular weight is 295 g/mol. The van der Waals surface area contributed by atoms with Gasteiger partial charge in [-0.05, 0) is 45.3 Å². The molecule has 0 amide bonds. The predicted octanol–water partition coefficient (Wildman–Crippen LogP) is 1.56. The van der Waals surface area contributed by atoms with Gasteiger partial charge in [0.25, 0.3) is 0 Å². The summed E-state index contributed by atoms with van der Waals surface area (Å²) >= 11 is 0. The van der Waals surface area contributed by atoms with Crippen LogP contribution in [0.1, 0.15) is 38.5 Å². The van der Waals surface area contributed by atoms with E-state index in [-0.39, 0.29) is 0 Å². The first-order valence-electron chi connectivity index (χ1n) is 9.07. The highest BCUT2D eigenvalue weighted by Gasteiger charge is 2.28. The first-order valence-corrected chi connectivity index (χ1v) is 9.07. The number of hydrogen-bond acceptors (Lipinski definition) is 4. The van der Waals surface area contributed by atoms with Gasteiger partial charge in [0.15, 0.2) is 0 Å². The Labute approximate surface area is 130 Å². The van der Waals surface area contributed by atoms with Crippen molar-refractivity contribution in [3.8, 4) is 0 Å². The molecule has 3 rings (SSSR count). The van der Waals surface area contributed by atoms with Gasteiger partial charge in [0.2, 0.25) is 0 Å². The van der Waals surface area contributed by atoms with Crippen molar-refractivity contribution in [2.45, 2.75) is 50.7 Å². The minimum absolute atomic E-state index is 0.411. The summed E-state index contributed by atoms with van der Waals surface area (Å²) in [5.41, 5.74) is 0. The third-order valence-corrected chi connectivity index (χ3v) is 5.54. The van der Waals surface area contributed by atoms with Crippen LogP contribution in [0, 0.1) is 5.92 Å². The molecule has 0 bridgehead atoms. The van der Waals surface area contributed by atoms with E-state index in [1.165, 1.54) is 58.2 Å². The zero-order valence-corrected chi connectivity index (χ0v) is 13.7. The molecule has 122 valence electrons. The molecular weight excluding hydrogens is 262 g/mol. The molecule has 1 aliphatic carbocycles. The van der Waals surface area contributed by atoms with Crippen LogP contribution in [0.15, 0.2) is 0 Å². The van der Waals surface area contributed by atoms with Crippen molar-refractivity contribution >= 4 is 0 Å². The first kappa shape index (κ1) is 15.7. The molecule has 0 aromatic heterocycles. The number of nitrogens with one attached hydrogen (secondary N) is 1. The smallest absolute Gasteiger partial charge is 0.0829 e. The molecule has 4 heteroatoms. The number of likely N-dealkylation sites (N-methyl/N-ethyl adjacent to an activating group) is 1. The molecule has 21 heavy (non-hydrogen) atoms. The van der Waals surface area contributed by atoms with E-state index in [0.717, 1.165) is 32.2 Å². The van der Waals surface area contributed by atoms with Gasteiger partial charge >= 0.3 is 0 Å². The average Bonchev–Trinajstić information content (AvgIpc) is 2.74. The van der Waals surface area contributed by atoms with Crippen LogP contribution in [0.3, 0.4) is 0 Å². The fraction of sp³-hybridized carbons (Fsp3) is 1.00. The maximum Gasteiger partial charge on any atom is 0.0829 e. The minimum Gasteiger partial charge on any atom is -0.374 e. The summed E-state index contributed by atoms with van der Waals surface area (Å²) in [5, 5.41) is 3.83. The van der Waals surface area contributed by atoms with Crippen LogP contribution in [0.2, 0.25) is 0 Å². The van der Waals surface area contributed by atoms with Crippen molar-refractivity contribution < 1.29 is 4.74 Å². The molecule has 2 saturated heterocycles. The molecule has 1 saturated carbocycles. The standard InChI is InChI=1S/C17H33N3O/c1-19-10-11-21-16(12-19)13-20-9-5-8-18-17(14-20)15-6-3-2-4-7-15/h15-18H,2-14H2,1H3. The number of morpholine rings is 1. The molecule has 0 aromatic carbocycles. The molecule has 2 unspecified atom stereocenters. The van der Waals surface area contributed by atoms with Gasteiger partial charge in [-0.2, -0.15) is 0 Å². The van der Waals surface area contributed by atoms with E-state index in [4.69, 9.17) is 4.74 Å². The van der Waals surface area contributed by atoms with E-state index in [2.05, 4.69) is 22.2 Å². The lowest BCUT2D eigenvalue weighted by molar-refractivity contribution is -0.0364. The highest BCUT2D eigenvalue weighted by atomic mass is 16.5. The Morgan fingerprint density at radius 2 is 1.90 bits per heavy atom. The van der Waals surface area contributed by atoms with Crippen LogP contribution < -0.4 is 5.32 Å². The largest absolute Gasteiger partial charge is 0.374 e. The van der Waals surface area contributed by atoms with Gasteiger partial charge in [-0.3, -0.25) is 4.90 Å². The zero-order chi connectivity index (χ0) is 14.5. The summed E-state index contributed by atoms with van der Waals surface area (Å²) in [5.74, 6) is 0.911. The molecule has 2 aliphatic heterocycles. The lowest BCUT2D eigenvalue weighted by Crippen LogP contribution is -2.49. The predicted molar refractivity (Wildman–Crippen MR) is 86.7 cm³/mol. The van der Waals surface area contributed by atoms with Crippen LogP contribution in [-0.2, 0) is 4.74 Å². The zero-order valence-electron chi connectivity index (χ0n) is 13.7. The van der Waals surface area contributed by atoms with Crippen molar-refractivity contribution in [3.05, 3.63) is 0 Å². The van der Waals surface area contributed by atoms with E-state index in [1.807, 2.05) is 0 Å². The Morgan fingerprint density at radius 1 is 1.05 bits per heavy atom. The molecule has 3 fully saturated rings. The van der Waals surface area contributed by atoms with E-state index in [1.54, 1.807) is 0 Å². The van der Waals surface area contributed by atoms with E-state index >= 15 is 0 Å². The lowest BCUT2D eigenvalue weighted by atomic mass is 9.83. The molecule has 1 N–H and O–H groups in total. The van der Waals surface area contributed by atoms with E-state index < -0.39 is 0 Å². The van der Waals surface area contributed by atoms with Crippen molar-refractivity contribution in [2.75, 3.05) is 52.9 Å². The van der Waals surface area contributed by atoms with Crippen molar-refractivity contribution in [3.63, 3.8) is 0 Å². The number of hydrogen-bond donors (Lipinski definition) is 1. The Kier molecular flexibility index (Phi) is 5.92. The van der Waals surface area contributed by atoms with Crippen LogP contribution in [0.4, 0.5) is 0 Å². The number of nitrogens with zero attached hydrogens (tertiary/aromatic N) is 2. The number of rotatable bonds is 3. The third kappa shape index (κ3) is 4.65. The Morgan fingerprint density at radius 3 is 2.71 bits per heavy atom. The molecule has 2 heterocycles. The highest BCUT2D eigenvalue weighted by Crippen LogP contribution is 2.27. The molecular formula is C17H33N3O. The van der Waals surface area contributed by atoms with Crippen LogP contribution in [0.25, 0.3) is 0 Å². The van der Waals surface area contributed by atoms with Gasteiger partial charge in [0, 0.05) is 32.2 Å². The lowest BCUT2D eigenvalue weighted by Gasteiger charge is -2.36. The van der Waals surface area contributed by atoms with Crippen molar-refractivity contribution in [1.29, 1.82) is 0 Å². The Balaban J connectivity index is 1.51. The molecule has 0 radical (unpaired) electrons. The van der Waals surface area contributed by atoms with Gasteiger partial charge < -0.3 is 15.0 Å². The first-order chi connectivity index (χ1) is 10.3. The second kappa shape index (κ2) is 7.91. The highest BCUT2D eigenvalue weighted by molar-refractivity contribution is 4.86. The molecule has 0 aromatic rings. The Hall–Kier alpha value is -0.160. The van der Waals surface area contributed by atoms with Crippen LogP contribution in [0.5, 0.6) is 0 Å². The summed E-state index contributed by atoms with van der Waals surface area (Å²) < 4.78 is 5.97. The normalized spacial score (nSPS) is 34.7. The summed E-state index contributed by atoms with van der Waals surface area (Å²) in [6.45, 7) is 7.87. The summed E-state index contributed by atoms with van der Waals surface area (Å²) in [4.78, 5) is 5.08. The van der Waals surface area contributed by atoms with Gasteiger partial charge in [-0.25, -0.2) is 0 Å². The van der Waals surface area contributed by atoms with Gasteiger partial charge in [0.05, 0.1) is 12.7 Å². The summed E-state index contributed by atoms with van der Waals surface area (Å²) in [6.07, 6.45) is 8.91. The van der Waals surface area contributed by atoms with E-state index in [9.17, 15) is 0 Å². The van der Waals surface area contributed by atoms with Crippen LogP contribution in [-0.4, -0.2) is 74.9 Å². The molecule has 0 spiro atoms. The van der Waals surface area contributed by atoms with Crippen LogP contribution >= 0.6 is 0 Å². The summed E-state index contributed by atoms with van der Waals surface area (Å²) in [7, 11) is 2.21. The SMILES string of the molecule is CN1CCOC(CN2CCCNC(C3CCCCC3)C2)C1. The monoisotopic (exact) mass is 295 g/mol. The second-order valence-corrected chi connectivity index (χ2v) is 7.33. The molecule has 2 atom stereocenters. The Bertz CT molecular complexity index is 306. The maximum atomic E-state index is 5.97. The van der Waals surface area contributed by atoms with Gasteiger partial charge in [-0.15, -0.1) is 0 Å². The fourth-order valence-corrected chi connectivity index (χ4v) is 4.31. The second-order valence-electron chi connectivity index (χ2n) is 7.33. The van der Waals surface area contributed by atoms with Crippen molar-refractivity contribution in [2.24, 2.45) is 5.92 Å². The summed E-state index contributed by atoms with van der Waals surface area (Å²) in [6, 6.07) is 0.717. The minimum atomic E-state index is 0.411. The quantitative estimate of drug-likeness (QED) is 0.855. The topological polar surface area (TPSA) is 27.7 Å². The fourth-order valence-electron chi connectivity index (χ4n) is 4.31.